The summed E-state index contributed by atoms with van der Waals surface area (Å²) in [5.41, 5.74) is 0. The van der Waals surface area contributed by atoms with Crippen molar-refractivity contribution in [3.63, 3.8) is 0 Å². The maximum Gasteiger partial charge on any atom is 0.0469 e. The first kappa shape index (κ1) is 15.3. The largest absolute Gasteiger partial charge is 0.381 e. The molecular formula is C16H32N2O. The standard InChI is InChI=1S/C16H32N2O/c1-4-5-15-12-18(16(10-17-15)13(2)3)11-14-6-8-19-9-7-14/h13-17H,4-12H2,1-3H3. The maximum absolute atomic E-state index is 5.49. The molecule has 0 amide bonds. The normalized spacial score (nSPS) is 30.9. The molecule has 2 rings (SSSR count). The second-order valence-electron chi connectivity index (χ2n) is 6.71. The number of nitrogens with one attached hydrogen (secondary N) is 1. The van der Waals surface area contributed by atoms with Crippen LogP contribution in [0.2, 0.25) is 0 Å². The fourth-order valence-corrected chi connectivity index (χ4v) is 3.57. The van der Waals surface area contributed by atoms with E-state index in [4.69, 9.17) is 4.74 Å². The summed E-state index contributed by atoms with van der Waals surface area (Å²) in [5.74, 6) is 1.60. The molecule has 112 valence electrons. The van der Waals surface area contributed by atoms with E-state index in [9.17, 15) is 0 Å². The first-order valence-corrected chi connectivity index (χ1v) is 8.25. The molecule has 0 spiro atoms. The Morgan fingerprint density at radius 2 is 2.00 bits per heavy atom. The van der Waals surface area contributed by atoms with Crippen LogP contribution in [-0.4, -0.2) is 49.8 Å². The van der Waals surface area contributed by atoms with E-state index >= 15 is 0 Å². The van der Waals surface area contributed by atoms with E-state index in [-0.39, 0.29) is 0 Å². The molecule has 2 heterocycles. The molecule has 2 fully saturated rings. The van der Waals surface area contributed by atoms with Crippen molar-refractivity contribution in [2.24, 2.45) is 11.8 Å². The van der Waals surface area contributed by atoms with Gasteiger partial charge in [0.05, 0.1) is 0 Å². The summed E-state index contributed by atoms with van der Waals surface area (Å²) in [6, 6.07) is 1.43. The van der Waals surface area contributed by atoms with Gasteiger partial charge in [0.25, 0.3) is 0 Å². The molecule has 0 aliphatic carbocycles. The molecule has 2 unspecified atom stereocenters. The lowest BCUT2D eigenvalue weighted by Crippen LogP contribution is -2.59. The van der Waals surface area contributed by atoms with Crippen molar-refractivity contribution in [2.75, 3.05) is 32.8 Å². The quantitative estimate of drug-likeness (QED) is 0.829. The van der Waals surface area contributed by atoms with Crippen molar-refractivity contribution in [3.05, 3.63) is 0 Å². The van der Waals surface area contributed by atoms with Crippen molar-refractivity contribution in [3.8, 4) is 0 Å². The predicted molar refractivity (Wildman–Crippen MR) is 80.4 cm³/mol. The summed E-state index contributed by atoms with van der Waals surface area (Å²) >= 11 is 0. The highest BCUT2D eigenvalue weighted by atomic mass is 16.5. The van der Waals surface area contributed by atoms with Crippen molar-refractivity contribution in [1.29, 1.82) is 0 Å². The van der Waals surface area contributed by atoms with Gasteiger partial charge in [-0.05, 0) is 31.1 Å². The highest BCUT2D eigenvalue weighted by Crippen LogP contribution is 2.22. The third-order valence-corrected chi connectivity index (χ3v) is 4.78. The van der Waals surface area contributed by atoms with E-state index in [2.05, 4.69) is 31.0 Å². The lowest BCUT2D eigenvalue weighted by molar-refractivity contribution is 0.0267. The second kappa shape index (κ2) is 7.61. The first-order valence-electron chi connectivity index (χ1n) is 8.25. The zero-order valence-corrected chi connectivity index (χ0v) is 13.0. The van der Waals surface area contributed by atoms with Gasteiger partial charge < -0.3 is 10.1 Å². The predicted octanol–water partition coefficient (Wildman–Crippen LogP) is 2.51. The molecule has 0 aromatic carbocycles. The summed E-state index contributed by atoms with van der Waals surface area (Å²) in [4.78, 5) is 2.78. The zero-order chi connectivity index (χ0) is 13.7. The van der Waals surface area contributed by atoms with Crippen molar-refractivity contribution < 1.29 is 4.74 Å². The summed E-state index contributed by atoms with van der Waals surface area (Å²) in [7, 11) is 0. The molecule has 3 nitrogen and oxygen atoms in total. The van der Waals surface area contributed by atoms with Crippen LogP contribution in [0.15, 0.2) is 0 Å². The Morgan fingerprint density at radius 3 is 2.63 bits per heavy atom. The van der Waals surface area contributed by atoms with Crippen LogP contribution in [0.3, 0.4) is 0 Å². The van der Waals surface area contributed by atoms with E-state index in [1.807, 2.05) is 0 Å². The van der Waals surface area contributed by atoms with E-state index in [1.54, 1.807) is 0 Å². The van der Waals surface area contributed by atoms with Gasteiger partial charge in [-0.25, -0.2) is 0 Å². The minimum Gasteiger partial charge on any atom is -0.381 e. The van der Waals surface area contributed by atoms with Crippen LogP contribution in [-0.2, 0) is 4.74 Å². The molecule has 3 heteroatoms. The van der Waals surface area contributed by atoms with Gasteiger partial charge in [-0.15, -0.1) is 0 Å². The maximum atomic E-state index is 5.49. The van der Waals surface area contributed by atoms with Gasteiger partial charge in [0.15, 0.2) is 0 Å². The summed E-state index contributed by atoms with van der Waals surface area (Å²) in [6.07, 6.45) is 5.12. The van der Waals surface area contributed by atoms with Crippen LogP contribution in [0.4, 0.5) is 0 Å². The van der Waals surface area contributed by atoms with Gasteiger partial charge in [0.1, 0.15) is 0 Å². The van der Waals surface area contributed by atoms with Gasteiger partial charge in [-0.3, -0.25) is 4.90 Å². The van der Waals surface area contributed by atoms with Gasteiger partial charge in [-0.2, -0.15) is 0 Å². The molecule has 2 saturated heterocycles. The van der Waals surface area contributed by atoms with Crippen LogP contribution in [0, 0.1) is 11.8 Å². The van der Waals surface area contributed by atoms with Gasteiger partial charge in [0, 0.05) is 44.9 Å². The van der Waals surface area contributed by atoms with E-state index in [1.165, 1.54) is 45.3 Å². The topological polar surface area (TPSA) is 24.5 Å². The number of nitrogens with zero attached hydrogens (tertiary/aromatic N) is 1. The summed E-state index contributed by atoms with van der Waals surface area (Å²) in [5, 5.41) is 3.75. The fourth-order valence-electron chi connectivity index (χ4n) is 3.57. The van der Waals surface area contributed by atoms with Crippen molar-refractivity contribution in [1.82, 2.24) is 10.2 Å². The van der Waals surface area contributed by atoms with Crippen LogP contribution < -0.4 is 5.32 Å². The van der Waals surface area contributed by atoms with Crippen molar-refractivity contribution in [2.45, 2.75) is 58.5 Å². The molecule has 0 radical (unpaired) electrons. The Balaban J connectivity index is 1.90. The Bertz CT molecular complexity index is 251. The molecule has 2 aliphatic heterocycles. The van der Waals surface area contributed by atoms with E-state index < -0.39 is 0 Å². The second-order valence-corrected chi connectivity index (χ2v) is 6.71. The van der Waals surface area contributed by atoms with Gasteiger partial charge in [0.2, 0.25) is 0 Å². The first-order chi connectivity index (χ1) is 9.20. The molecule has 19 heavy (non-hydrogen) atoms. The Kier molecular flexibility index (Phi) is 6.11. The SMILES string of the molecule is CCCC1CN(CC2CCOCC2)C(C(C)C)CN1. The third kappa shape index (κ3) is 4.44. The zero-order valence-electron chi connectivity index (χ0n) is 13.0. The Morgan fingerprint density at radius 1 is 1.26 bits per heavy atom. The lowest BCUT2D eigenvalue weighted by atomic mass is 9.93. The highest BCUT2D eigenvalue weighted by molar-refractivity contribution is 4.88. The van der Waals surface area contributed by atoms with Crippen molar-refractivity contribution >= 4 is 0 Å². The number of piperazine rings is 1. The number of hydrogen-bond donors (Lipinski definition) is 1. The Labute approximate surface area is 119 Å². The average molecular weight is 268 g/mol. The molecule has 2 atom stereocenters. The highest BCUT2D eigenvalue weighted by Gasteiger charge is 2.31. The smallest absolute Gasteiger partial charge is 0.0469 e. The van der Waals surface area contributed by atoms with Gasteiger partial charge in [-0.1, -0.05) is 27.2 Å². The van der Waals surface area contributed by atoms with Crippen LogP contribution in [0.25, 0.3) is 0 Å². The lowest BCUT2D eigenvalue weighted by Gasteiger charge is -2.44. The molecule has 0 bridgehead atoms. The molecular weight excluding hydrogens is 236 g/mol. The number of hydrogen-bond acceptors (Lipinski definition) is 3. The monoisotopic (exact) mass is 268 g/mol. The molecule has 0 aromatic heterocycles. The molecule has 1 N–H and O–H groups in total. The summed E-state index contributed by atoms with van der Waals surface area (Å²) < 4.78 is 5.49. The summed E-state index contributed by atoms with van der Waals surface area (Å²) in [6.45, 7) is 12.7. The number of ether oxygens (including phenoxy) is 1. The molecule has 0 aromatic rings. The number of rotatable bonds is 5. The minimum absolute atomic E-state index is 0.708. The van der Waals surface area contributed by atoms with E-state index in [0.29, 0.717) is 6.04 Å². The minimum atomic E-state index is 0.708. The van der Waals surface area contributed by atoms with E-state index in [0.717, 1.165) is 31.1 Å². The fraction of sp³-hybridized carbons (Fsp3) is 1.00. The third-order valence-electron chi connectivity index (χ3n) is 4.78. The average Bonchev–Trinajstić information content (AvgIpc) is 2.40. The van der Waals surface area contributed by atoms with Crippen LogP contribution in [0.1, 0.15) is 46.5 Å². The molecule has 2 aliphatic rings. The van der Waals surface area contributed by atoms with Crippen LogP contribution >= 0.6 is 0 Å². The van der Waals surface area contributed by atoms with Crippen LogP contribution in [0.5, 0.6) is 0 Å². The van der Waals surface area contributed by atoms with Gasteiger partial charge >= 0.3 is 0 Å². The Hall–Kier alpha value is -0.120. The molecule has 0 saturated carbocycles.